The molecule has 1 rings (SSSR count). The Labute approximate surface area is 111 Å². The number of sulfonamides is 1. The summed E-state index contributed by atoms with van der Waals surface area (Å²) in [7, 11) is -4.32. The number of likely N-dealkylation sites (N-methyl/N-ethyl adjacent to an activating group) is 1. The molecule has 0 aromatic carbocycles. The van der Waals surface area contributed by atoms with E-state index in [0.717, 1.165) is 6.42 Å². The van der Waals surface area contributed by atoms with E-state index in [-0.39, 0.29) is 10.2 Å². The van der Waals surface area contributed by atoms with Crippen LogP contribution in [0.5, 0.6) is 0 Å². The van der Waals surface area contributed by atoms with E-state index in [1.165, 1.54) is 6.92 Å². The number of alkyl halides is 2. The summed E-state index contributed by atoms with van der Waals surface area (Å²) in [4.78, 5) is 10.6. The summed E-state index contributed by atoms with van der Waals surface area (Å²) in [6, 6.07) is -4.40. The normalized spacial score (nSPS) is 25.5. The topological polar surface area (TPSA) is 74.7 Å². The van der Waals surface area contributed by atoms with Crippen molar-refractivity contribution in [3.63, 3.8) is 0 Å². The van der Waals surface area contributed by atoms with Crippen molar-refractivity contribution in [3.8, 4) is 0 Å². The Morgan fingerprint density at radius 2 is 1.89 bits per heavy atom. The van der Waals surface area contributed by atoms with Crippen molar-refractivity contribution >= 4 is 16.0 Å². The molecule has 0 aromatic rings. The third-order valence-electron chi connectivity index (χ3n) is 3.58. The highest BCUT2D eigenvalue weighted by atomic mass is 32.2. The minimum atomic E-state index is -4.40. The van der Waals surface area contributed by atoms with Crippen LogP contribution in [0.25, 0.3) is 0 Å². The van der Waals surface area contributed by atoms with Gasteiger partial charge in [-0.2, -0.15) is 8.78 Å². The highest BCUT2D eigenvalue weighted by Gasteiger charge is 2.53. The second-order valence-electron chi connectivity index (χ2n) is 4.86. The van der Waals surface area contributed by atoms with Gasteiger partial charge in [-0.1, -0.05) is 26.7 Å². The van der Waals surface area contributed by atoms with E-state index >= 15 is 0 Å². The molecule has 1 aliphatic rings. The van der Waals surface area contributed by atoms with Gasteiger partial charge >= 0.3 is 12.0 Å². The number of aliphatic carboxylic acids is 1. The predicted molar refractivity (Wildman–Crippen MR) is 65.3 cm³/mol. The molecule has 112 valence electrons. The fraction of sp³-hybridized carbons (Fsp3) is 0.909. The van der Waals surface area contributed by atoms with E-state index in [1.807, 2.05) is 0 Å². The molecule has 2 unspecified atom stereocenters. The number of hydrogen-bond donors (Lipinski definition) is 1. The first-order chi connectivity index (χ1) is 8.65. The first kappa shape index (κ1) is 16.3. The zero-order valence-electron chi connectivity index (χ0n) is 11.0. The van der Waals surface area contributed by atoms with Crippen LogP contribution < -0.4 is 0 Å². The quantitative estimate of drug-likeness (QED) is 0.787. The number of halogens is 2. The molecule has 1 saturated carbocycles. The average molecular weight is 299 g/mol. The molecule has 0 radical (unpaired) electrons. The zero-order valence-corrected chi connectivity index (χ0v) is 11.8. The summed E-state index contributed by atoms with van der Waals surface area (Å²) in [6.45, 7) is 2.35. The molecule has 19 heavy (non-hydrogen) atoms. The van der Waals surface area contributed by atoms with Gasteiger partial charge in [0.1, 0.15) is 0 Å². The third kappa shape index (κ3) is 3.05. The Bertz CT molecular complexity index is 438. The fourth-order valence-electron chi connectivity index (χ4n) is 2.53. The smallest absolute Gasteiger partial charge is 0.414 e. The van der Waals surface area contributed by atoms with Gasteiger partial charge in [-0.25, -0.2) is 13.2 Å². The van der Waals surface area contributed by atoms with Crippen molar-refractivity contribution in [2.45, 2.75) is 50.8 Å². The first-order valence-corrected chi connectivity index (χ1v) is 7.78. The lowest BCUT2D eigenvalue weighted by atomic mass is 9.90. The summed E-state index contributed by atoms with van der Waals surface area (Å²) in [5, 5.41) is 7.59. The van der Waals surface area contributed by atoms with E-state index in [1.54, 1.807) is 6.92 Å². The molecule has 2 atom stereocenters. The van der Waals surface area contributed by atoms with Crippen molar-refractivity contribution in [3.05, 3.63) is 0 Å². The van der Waals surface area contributed by atoms with Crippen LogP contribution >= 0.6 is 0 Å². The Hall–Kier alpha value is -0.760. The van der Waals surface area contributed by atoms with Gasteiger partial charge in [0.05, 0.1) is 5.25 Å². The molecular weight excluding hydrogens is 280 g/mol. The monoisotopic (exact) mass is 299 g/mol. The fourth-order valence-corrected chi connectivity index (χ4v) is 4.81. The molecule has 5 nitrogen and oxygen atoms in total. The number of carboxylic acid groups (broad SMARTS) is 1. The highest BCUT2D eigenvalue weighted by Crippen LogP contribution is 2.34. The van der Waals surface area contributed by atoms with Gasteiger partial charge in [-0.3, -0.25) is 0 Å². The van der Waals surface area contributed by atoms with Gasteiger partial charge in [0.25, 0.3) is 0 Å². The molecule has 1 aliphatic carbocycles. The van der Waals surface area contributed by atoms with Crippen molar-refractivity contribution in [1.82, 2.24) is 4.31 Å². The summed E-state index contributed by atoms with van der Waals surface area (Å²) < 4.78 is 51.4. The average Bonchev–Trinajstić information content (AvgIpc) is 2.29. The molecular formula is C11H19F2NO4S. The number of nitrogens with zero attached hydrogens (tertiary/aromatic N) is 1. The molecule has 0 amide bonds. The SMILES string of the molecule is CCN(C(F)(F)C(=O)O)S(=O)(=O)C1CCCCC1C. The lowest BCUT2D eigenvalue weighted by Gasteiger charge is -2.34. The van der Waals surface area contributed by atoms with E-state index in [0.29, 0.717) is 19.3 Å². The molecule has 0 bridgehead atoms. The molecule has 0 spiro atoms. The van der Waals surface area contributed by atoms with Gasteiger partial charge in [-0.15, -0.1) is 4.31 Å². The lowest BCUT2D eigenvalue weighted by Crippen LogP contribution is -2.54. The number of hydrogen-bond acceptors (Lipinski definition) is 3. The highest BCUT2D eigenvalue weighted by molar-refractivity contribution is 7.89. The van der Waals surface area contributed by atoms with Crippen LogP contribution in [0.15, 0.2) is 0 Å². The Morgan fingerprint density at radius 1 is 1.37 bits per heavy atom. The predicted octanol–water partition coefficient (Wildman–Crippen LogP) is 1.89. The Morgan fingerprint density at radius 3 is 2.32 bits per heavy atom. The van der Waals surface area contributed by atoms with Crippen LogP contribution in [-0.4, -0.2) is 41.6 Å². The van der Waals surface area contributed by atoms with Crippen LogP contribution in [0.3, 0.4) is 0 Å². The van der Waals surface area contributed by atoms with Crippen LogP contribution in [0.2, 0.25) is 0 Å². The molecule has 1 N–H and O–H groups in total. The van der Waals surface area contributed by atoms with Crippen molar-refractivity contribution in [2.75, 3.05) is 6.54 Å². The van der Waals surface area contributed by atoms with E-state index in [4.69, 9.17) is 5.11 Å². The number of carbonyl (C=O) groups is 1. The van der Waals surface area contributed by atoms with Gasteiger partial charge in [-0.05, 0) is 18.8 Å². The van der Waals surface area contributed by atoms with Gasteiger partial charge < -0.3 is 5.11 Å². The van der Waals surface area contributed by atoms with Gasteiger partial charge in [0, 0.05) is 6.54 Å². The lowest BCUT2D eigenvalue weighted by molar-refractivity contribution is -0.183. The molecule has 0 aliphatic heterocycles. The number of rotatable bonds is 5. The van der Waals surface area contributed by atoms with Crippen LogP contribution in [0.1, 0.15) is 39.5 Å². The molecule has 8 heteroatoms. The van der Waals surface area contributed by atoms with E-state index in [9.17, 15) is 22.0 Å². The molecule has 0 heterocycles. The zero-order chi connectivity index (χ0) is 14.8. The second kappa shape index (κ2) is 5.70. The third-order valence-corrected chi connectivity index (χ3v) is 6.15. The summed E-state index contributed by atoms with van der Waals surface area (Å²) in [5.41, 5.74) is 0. The molecule has 1 fully saturated rings. The maximum absolute atomic E-state index is 13.5. The van der Waals surface area contributed by atoms with Gasteiger partial charge in [0.15, 0.2) is 0 Å². The Balaban J connectivity index is 3.12. The minimum Gasteiger partial charge on any atom is -0.476 e. The molecule has 0 saturated heterocycles. The standard InChI is InChI=1S/C11H19F2NO4S/c1-3-14(11(12,13)10(15)16)19(17,18)9-7-5-4-6-8(9)2/h8-9H,3-7H2,1-2H3,(H,15,16). The van der Waals surface area contributed by atoms with E-state index < -0.39 is 33.8 Å². The van der Waals surface area contributed by atoms with Crippen molar-refractivity contribution in [1.29, 1.82) is 0 Å². The summed E-state index contributed by atoms with van der Waals surface area (Å²) in [6.07, 6.45) is 2.48. The van der Waals surface area contributed by atoms with Crippen molar-refractivity contribution < 1.29 is 27.1 Å². The summed E-state index contributed by atoms with van der Waals surface area (Å²) >= 11 is 0. The summed E-state index contributed by atoms with van der Waals surface area (Å²) in [5.74, 6) is -2.68. The van der Waals surface area contributed by atoms with Gasteiger partial charge in [0.2, 0.25) is 10.0 Å². The minimum absolute atomic E-state index is 0.186. The van der Waals surface area contributed by atoms with E-state index in [2.05, 4.69) is 0 Å². The number of carboxylic acids is 1. The first-order valence-electron chi connectivity index (χ1n) is 6.28. The van der Waals surface area contributed by atoms with Crippen LogP contribution in [0.4, 0.5) is 8.78 Å². The largest absolute Gasteiger partial charge is 0.476 e. The van der Waals surface area contributed by atoms with Crippen molar-refractivity contribution in [2.24, 2.45) is 5.92 Å². The maximum atomic E-state index is 13.5. The Kier molecular flexibility index (Phi) is 4.89. The van der Waals surface area contributed by atoms with Crippen LogP contribution in [0, 0.1) is 5.92 Å². The van der Waals surface area contributed by atoms with Crippen LogP contribution in [-0.2, 0) is 14.8 Å². The second-order valence-corrected chi connectivity index (χ2v) is 6.93. The molecule has 0 aromatic heterocycles. The maximum Gasteiger partial charge on any atom is 0.414 e.